The van der Waals surface area contributed by atoms with E-state index in [0.29, 0.717) is 5.84 Å². The van der Waals surface area contributed by atoms with Gasteiger partial charge in [-0.05, 0) is 32.9 Å². The summed E-state index contributed by atoms with van der Waals surface area (Å²) < 4.78 is 6.26. The third-order valence-corrected chi connectivity index (χ3v) is 4.13. The molecule has 26 heavy (non-hydrogen) atoms. The summed E-state index contributed by atoms with van der Waals surface area (Å²) in [5.74, 6) is 0.508. The van der Waals surface area contributed by atoms with Crippen LogP contribution in [-0.4, -0.2) is 15.0 Å². The van der Waals surface area contributed by atoms with Crippen molar-refractivity contribution in [3.8, 4) is 0 Å². The summed E-state index contributed by atoms with van der Waals surface area (Å²) in [5, 5.41) is 17.1. The molecule has 0 radical (unpaired) electrons. The van der Waals surface area contributed by atoms with Crippen LogP contribution in [-0.2, 0) is 20.1 Å². The lowest BCUT2D eigenvalue weighted by molar-refractivity contribution is -0.671. The average molecular weight is 350 g/mol. The third-order valence-electron chi connectivity index (χ3n) is 4.13. The maximum Gasteiger partial charge on any atom is 0.230 e. The number of amidine groups is 1. The number of imidazole rings is 1. The summed E-state index contributed by atoms with van der Waals surface area (Å²) in [6.45, 7) is 7.66. The molecule has 0 aliphatic heterocycles. The van der Waals surface area contributed by atoms with E-state index < -0.39 is 0 Å². The highest BCUT2D eigenvalue weighted by atomic mass is 15.3. The fraction of sp³-hybridized carbons (Fsp3) is 0.316. The SMILES string of the molecule is CCn1c(=NN=C(C)N=Nc2cc[n+](C)cc2)n(CC)c2ccccc21. The summed E-state index contributed by atoms with van der Waals surface area (Å²) in [4.78, 5) is 0. The lowest BCUT2D eigenvalue weighted by Gasteiger charge is -1.99. The number of para-hydroxylation sites is 2. The van der Waals surface area contributed by atoms with Crippen LogP contribution in [0.25, 0.3) is 11.0 Å². The predicted octanol–water partition coefficient (Wildman–Crippen LogP) is 3.33. The van der Waals surface area contributed by atoms with Crippen molar-refractivity contribution >= 4 is 22.6 Å². The Kier molecular flexibility index (Phi) is 5.36. The van der Waals surface area contributed by atoms with E-state index in [2.05, 4.69) is 55.5 Å². The van der Waals surface area contributed by atoms with Crippen LogP contribution in [0.3, 0.4) is 0 Å². The van der Waals surface area contributed by atoms with Gasteiger partial charge >= 0.3 is 0 Å². The van der Waals surface area contributed by atoms with E-state index in [-0.39, 0.29) is 0 Å². The molecular formula is C19H24N7+. The molecule has 0 aliphatic rings. The zero-order valence-electron chi connectivity index (χ0n) is 15.7. The molecule has 0 fully saturated rings. The van der Waals surface area contributed by atoms with Gasteiger partial charge in [-0.25, -0.2) is 4.57 Å². The molecule has 0 amide bonds. The minimum atomic E-state index is 0.508. The summed E-state index contributed by atoms with van der Waals surface area (Å²) in [5.41, 5.74) is 3.91. The van der Waals surface area contributed by atoms with Gasteiger partial charge in [0.2, 0.25) is 5.62 Å². The molecular weight excluding hydrogens is 326 g/mol. The van der Waals surface area contributed by atoms with Crippen molar-refractivity contribution < 1.29 is 4.57 Å². The monoisotopic (exact) mass is 350 g/mol. The lowest BCUT2D eigenvalue weighted by atomic mass is 10.3. The highest BCUT2D eigenvalue weighted by molar-refractivity contribution is 5.80. The fourth-order valence-electron chi connectivity index (χ4n) is 2.84. The molecule has 3 rings (SSSR count). The lowest BCUT2D eigenvalue weighted by Crippen LogP contribution is -2.25. The van der Waals surface area contributed by atoms with Crippen LogP contribution in [0.2, 0.25) is 0 Å². The molecule has 2 aromatic heterocycles. The zero-order chi connectivity index (χ0) is 18.5. The van der Waals surface area contributed by atoms with Crippen molar-refractivity contribution in [2.75, 3.05) is 0 Å². The van der Waals surface area contributed by atoms with Gasteiger partial charge in [0.15, 0.2) is 18.2 Å². The smallest absolute Gasteiger partial charge is 0.230 e. The molecule has 0 saturated carbocycles. The molecule has 3 aromatic rings. The van der Waals surface area contributed by atoms with Gasteiger partial charge in [0.05, 0.1) is 16.7 Å². The molecule has 1 aromatic carbocycles. The summed E-state index contributed by atoms with van der Waals surface area (Å²) >= 11 is 0. The molecule has 0 saturated heterocycles. The van der Waals surface area contributed by atoms with E-state index in [1.165, 1.54) is 0 Å². The fourth-order valence-corrected chi connectivity index (χ4v) is 2.84. The van der Waals surface area contributed by atoms with Crippen molar-refractivity contribution in [3.63, 3.8) is 0 Å². The molecule has 7 heteroatoms. The first-order valence-corrected chi connectivity index (χ1v) is 8.77. The number of fused-ring (bicyclic) bond motifs is 1. The van der Waals surface area contributed by atoms with Crippen molar-refractivity contribution in [1.29, 1.82) is 0 Å². The molecule has 0 bridgehead atoms. The number of hydrogen-bond acceptors (Lipinski definition) is 3. The molecule has 7 nitrogen and oxygen atoms in total. The van der Waals surface area contributed by atoms with Crippen LogP contribution in [0, 0.1) is 0 Å². The first-order chi connectivity index (χ1) is 12.6. The average Bonchev–Trinajstić information content (AvgIpc) is 2.98. The predicted molar refractivity (Wildman–Crippen MR) is 102 cm³/mol. The Morgan fingerprint density at radius 3 is 2.08 bits per heavy atom. The Labute approximate surface area is 152 Å². The van der Waals surface area contributed by atoms with Gasteiger partial charge in [-0.3, -0.25) is 0 Å². The normalized spacial score (nSPS) is 12.2. The van der Waals surface area contributed by atoms with E-state index >= 15 is 0 Å². The van der Waals surface area contributed by atoms with Gasteiger partial charge in [-0.15, -0.1) is 20.4 Å². The minimum absolute atomic E-state index is 0.508. The number of aryl methyl sites for hydroxylation is 3. The van der Waals surface area contributed by atoms with Gasteiger partial charge < -0.3 is 9.13 Å². The minimum Gasteiger partial charge on any atom is -0.309 e. The zero-order valence-corrected chi connectivity index (χ0v) is 15.7. The summed E-state index contributed by atoms with van der Waals surface area (Å²) in [6, 6.07) is 12.1. The van der Waals surface area contributed by atoms with Gasteiger partial charge in [-0.1, -0.05) is 12.1 Å². The highest BCUT2D eigenvalue weighted by Gasteiger charge is 2.08. The largest absolute Gasteiger partial charge is 0.309 e. The number of hydrogen-bond donors (Lipinski definition) is 0. The number of azo groups is 1. The number of rotatable bonds is 4. The van der Waals surface area contributed by atoms with Crippen molar-refractivity contribution in [2.45, 2.75) is 33.9 Å². The van der Waals surface area contributed by atoms with E-state index in [4.69, 9.17) is 0 Å². The van der Waals surface area contributed by atoms with Crippen LogP contribution in [0.15, 0.2) is 69.2 Å². The third kappa shape index (κ3) is 3.61. The van der Waals surface area contributed by atoms with Crippen LogP contribution >= 0.6 is 0 Å². The van der Waals surface area contributed by atoms with E-state index in [9.17, 15) is 0 Å². The van der Waals surface area contributed by atoms with E-state index in [1.54, 1.807) is 6.92 Å². The van der Waals surface area contributed by atoms with E-state index in [0.717, 1.165) is 35.4 Å². The Balaban J connectivity index is 1.98. The Morgan fingerprint density at radius 1 is 0.962 bits per heavy atom. The van der Waals surface area contributed by atoms with Gasteiger partial charge in [-0.2, -0.15) is 0 Å². The maximum atomic E-state index is 4.47. The van der Waals surface area contributed by atoms with Crippen LogP contribution in [0.4, 0.5) is 5.69 Å². The molecule has 0 unspecified atom stereocenters. The first-order valence-electron chi connectivity index (χ1n) is 8.77. The number of nitrogens with zero attached hydrogens (tertiary/aromatic N) is 7. The second-order valence-electron chi connectivity index (χ2n) is 5.95. The molecule has 2 heterocycles. The Bertz CT molecular complexity index is 976. The molecule has 0 aliphatic carbocycles. The van der Waals surface area contributed by atoms with Crippen molar-refractivity contribution in [3.05, 3.63) is 54.4 Å². The summed E-state index contributed by atoms with van der Waals surface area (Å²) in [7, 11) is 1.96. The molecule has 0 N–H and O–H groups in total. The quantitative estimate of drug-likeness (QED) is 0.228. The van der Waals surface area contributed by atoms with Crippen LogP contribution in [0.5, 0.6) is 0 Å². The second kappa shape index (κ2) is 7.86. The molecule has 0 spiro atoms. The highest BCUT2D eigenvalue weighted by Crippen LogP contribution is 2.12. The number of pyridine rings is 1. The topological polar surface area (TPSA) is 63.2 Å². The van der Waals surface area contributed by atoms with Gasteiger partial charge in [0.1, 0.15) is 7.05 Å². The molecule has 0 atom stereocenters. The van der Waals surface area contributed by atoms with Crippen molar-refractivity contribution in [1.82, 2.24) is 9.13 Å². The van der Waals surface area contributed by atoms with Crippen molar-refractivity contribution in [2.24, 2.45) is 27.5 Å². The van der Waals surface area contributed by atoms with Crippen LogP contribution < -0.4 is 10.2 Å². The Morgan fingerprint density at radius 2 is 1.54 bits per heavy atom. The summed E-state index contributed by atoms with van der Waals surface area (Å²) in [6.07, 6.45) is 3.85. The van der Waals surface area contributed by atoms with E-state index in [1.807, 2.05) is 48.3 Å². The Hall–Kier alpha value is -3.09. The van der Waals surface area contributed by atoms with Gasteiger partial charge in [0, 0.05) is 25.2 Å². The first kappa shape index (κ1) is 17.7. The number of aromatic nitrogens is 3. The number of benzene rings is 1. The standard InChI is InChI=1S/C19H24N7/c1-5-25-17-9-7-8-10-18(17)26(6-2)19(25)23-21-15(3)20-22-16-11-13-24(4)14-12-16/h7-14H,5-6H2,1-4H3/q+1. The maximum absolute atomic E-state index is 4.47. The molecule has 134 valence electrons. The van der Waals surface area contributed by atoms with Gasteiger partial charge in [0.25, 0.3) is 0 Å². The van der Waals surface area contributed by atoms with Crippen LogP contribution in [0.1, 0.15) is 20.8 Å². The second-order valence-corrected chi connectivity index (χ2v) is 5.95.